The first-order chi connectivity index (χ1) is 19.2. The first-order valence-corrected chi connectivity index (χ1v) is 17.7. The second-order valence-corrected chi connectivity index (χ2v) is 17.8. The van der Waals surface area contributed by atoms with Crippen molar-refractivity contribution in [2.24, 2.45) is 0 Å². The standard InChI is InChI=1S/C29H46O10SSi/c1-17-22(39-41(9,10)29(4,5)6)24(32-7)25(33-8)27(35-17)38-23-21(36-18(2)30)16-34-28(26(23)37-19(3)31)40-20-14-12-11-13-15-20/h11-15,17,21-28H,16H2,1-10H3/t17-,21+,22+,23-,24+,25-,26+,27-,28-/m0/s1. The molecule has 2 saturated heterocycles. The third kappa shape index (κ3) is 8.53. The van der Waals surface area contributed by atoms with Crippen molar-refractivity contribution in [2.75, 3.05) is 20.8 Å². The summed E-state index contributed by atoms with van der Waals surface area (Å²) in [6, 6.07) is 9.61. The average molecular weight is 615 g/mol. The van der Waals surface area contributed by atoms with E-state index < -0.39 is 74.7 Å². The van der Waals surface area contributed by atoms with Crippen molar-refractivity contribution < 1.29 is 47.2 Å². The lowest BCUT2D eigenvalue weighted by Gasteiger charge is -2.50. The molecule has 0 amide bonds. The summed E-state index contributed by atoms with van der Waals surface area (Å²) in [6.45, 7) is 15.5. The third-order valence-electron chi connectivity index (χ3n) is 7.80. The smallest absolute Gasteiger partial charge is 0.303 e. The molecule has 0 saturated carbocycles. The van der Waals surface area contributed by atoms with Gasteiger partial charge in [0.15, 0.2) is 26.8 Å². The van der Waals surface area contributed by atoms with Gasteiger partial charge in [-0.1, -0.05) is 50.7 Å². The molecule has 1 aromatic carbocycles. The Kier molecular flexibility index (Phi) is 11.9. The maximum Gasteiger partial charge on any atom is 0.303 e. The summed E-state index contributed by atoms with van der Waals surface area (Å²) in [5, 5.41) is -0.0248. The van der Waals surface area contributed by atoms with Crippen LogP contribution in [0.3, 0.4) is 0 Å². The van der Waals surface area contributed by atoms with E-state index in [0.717, 1.165) is 4.90 Å². The molecule has 0 aliphatic carbocycles. The summed E-state index contributed by atoms with van der Waals surface area (Å²) in [7, 11) is 0.971. The minimum absolute atomic E-state index is 0.0248. The first kappa shape index (κ1) is 34.0. The predicted molar refractivity (Wildman–Crippen MR) is 156 cm³/mol. The zero-order valence-corrected chi connectivity index (χ0v) is 27.6. The number of benzene rings is 1. The van der Waals surface area contributed by atoms with Crippen LogP contribution in [0.2, 0.25) is 18.1 Å². The molecule has 0 N–H and O–H groups in total. The van der Waals surface area contributed by atoms with E-state index in [4.69, 9.17) is 37.6 Å². The Morgan fingerprint density at radius 3 is 2.05 bits per heavy atom. The molecule has 0 spiro atoms. The quantitative estimate of drug-likeness (QED) is 0.274. The number of thioether (sulfide) groups is 1. The molecule has 3 rings (SSSR count). The van der Waals surface area contributed by atoms with E-state index in [2.05, 4.69) is 33.9 Å². The Hall–Kier alpha value is -1.51. The van der Waals surface area contributed by atoms with Crippen LogP contribution < -0.4 is 0 Å². The number of hydrogen-bond donors (Lipinski definition) is 0. The molecule has 0 bridgehead atoms. The number of methoxy groups -OCH3 is 2. The zero-order valence-electron chi connectivity index (χ0n) is 25.8. The van der Waals surface area contributed by atoms with Crippen LogP contribution in [0.25, 0.3) is 0 Å². The molecule has 2 fully saturated rings. The summed E-state index contributed by atoms with van der Waals surface area (Å²) in [4.78, 5) is 25.2. The van der Waals surface area contributed by atoms with Gasteiger partial charge in [-0.25, -0.2) is 0 Å². The van der Waals surface area contributed by atoms with Gasteiger partial charge in [-0.3, -0.25) is 9.59 Å². The fraction of sp³-hybridized carbons (Fsp3) is 0.724. The number of hydrogen-bond acceptors (Lipinski definition) is 11. The van der Waals surface area contributed by atoms with Crippen molar-refractivity contribution in [2.45, 2.75) is 119 Å². The average Bonchev–Trinajstić information content (AvgIpc) is 2.87. The summed E-state index contributed by atoms with van der Waals surface area (Å²) in [5.74, 6) is -1.03. The van der Waals surface area contributed by atoms with Crippen molar-refractivity contribution in [3.05, 3.63) is 30.3 Å². The highest BCUT2D eigenvalue weighted by atomic mass is 32.2. The molecule has 2 aliphatic heterocycles. The van der Waals surface area contributed by atoms with E-state index in [9.17, 15) is 9.59 Å². The fourth-order valence-electron chi connectivity index (χ4n) is 4.71. The predicted octanol–water partition coefficient (Wildman–Crippen LogP) is 4.55. The topological polar surface area (TPSA) is 108 Å². The van der Waals surface area contributed by atoms with Crippen LogP contribution in [-0.2, 0) is 47.2 Å². The van der Waals surface area contributed by atoms with Gasteiger partial charge in [0.1, 0.15) is 23.7 Å². The number of ether oxygens (including phenoxy) is 7. The zero-order chi connectivity index (χ0) is 30.5. The van der Waals surface area contributed by atoms with Crippen LogP contribution in [0.1, 0.15) is 41.5 Å². The largest absolute Gasteiger partial charge is 0.457 e. The van der Waals surface area contributed by atoms with Gasteiger partial charge < -0.3 is 37.6 Å². The first-order valence-electron chi connectivity index (χ1n) is 13.9. The monoisotopic (exact) mass is 614 g/mol. The lowest BCUT2D eigenvalue weighted by Crippen LogP contribution is -2.65. The highest BCUT2D eigenvalue weighted by molar-refractivity contribution is 7.99. The van der Waals surface area contributed by atoms with E-state index in [1.165, 1.54) is 25.6 Å². The van der Waals surface area contributed by atoms with Crippen molar-refractivity contribution >= 4 is 32.0 Å². The third-order valence-corrected chi connectivity index (χ3v) is 13.5. The van der Waals surface area contributed by atoms with Crippen LogP contribution in [0.4, 0.5) is 0 Å². The van der Waals surface area contributed by atoms with Gasteiger partial charge in [0, 0.05) is 33.0 Å². The molecular weight excluding hydrogens is 568 g/mol. The summed E-state index contributed by atoms with van der Waals surface area (Å²) in [5.41, 5.74) is -0.631. The SMILES string of the molecule is CO[C@H]1[C@H](OC)[C@H](O[C@@H]2[C@@H](OC(C)=O)[C@H](Sc3ccccc3)OC[C@H]2OC(C)=O)O[C@@H](C)[C@H]1O[Si](C)(C)C(C)(C)C. The summed E-state index contributed by atoms with van der Waals surface area (Å²) < 4.78 is 49.0. The number of rotatable bonds is 10. The second kappa shape index (κ2) is 14.3. The van der Waals surface area contributed by atoms with Gasteiger partial charge in [-0.15, -0.1) is 0 Å². The molecule has 0 unspecified atom stereocenters. The van der Waals surface area contributed by atoms with Crippen molar-refractivity contribution in [3.63, 3.8) is 0 Å². The maximum atomic E-state index is 12.3. The van der Waals surface area contributed by atoms with E-state index in [-0.39, 0.29) is 11.6 Å². The molecule has 10 nitrogen and oxygen atoms in total. The van der Waals surface area contributed by atoms with Gasteiger partial charge in [0.2, 0.25) is 0 Å². The molecule has 1 aromatic rings. The highest BCUT2D eigenvalue weighted by Crippen LogP contribution is 2.41. The molecular formula is C29H46O10SSi. The Balaban J connectivity index is 1.92. The Labute approximate surface area is 249 Å². The lowest BCUT2D eigenvalue weighted by molar-refractivity contribution is -0.331. The fourth-order valence-corrected chi connectivity index (χ4v) is 7.14. The van der Waals surface area contributed by atoms with Crippen LogP contribution in [0.5, 0.6) is 0 Å². The number of esters is 2. The molecule has 12 heteroatoms. The summed E-state index contributed by atoms with van der Waals surface area (Å²) >= 11 is 1.39. The Bertz CT molecular complexity index is 1000. The highest BCUT2D eigenvalue weighted by Gasteiger charge is 2.53. The van der Waals surface area contributed by atoms with Gasteiger partial charge in [0.05, 0.1) is 18.8 Å². The summed E-state index contributed by atoms with van der Waals surface area (Å²) in [6.07, 6.45) is -5.67. The van der Waals surface area contributed by atoms with Crippen LogP contribution >= 0.6 is 11.8 Å². The Morgan fingerprint density at radius 2 is 1.51 bits per heavy atom. The second-order valence-electron chi connectivity index (χ2n) is 11.9. The normalized spacial score (nSPS) is 32.8. The van der Waals surface area contributed by atoms with Gasteiger partial charge >= 0.3 is 11.9 Å². The number of carbonyl (C=O) groups excluding carboxylic acids is 2. The van der Waals surface area contributed by atoms with Crippen LogP contribution in [-0.4, -0.2) is 95.5 Å². The van der Waals surface area contributed by atoms with Gasteiger partial charge in [0.25, 0.3) is 0 Å². The minimum Gasteiger partial charge on any atom is -0.457 e. The molecule has 2 aliphatic rings. The van der Waals surface area contributed by atoms with Gasteiger partial charge in [-0.2, -0.15) is 0 Å². The van der Waals surface area contributed by atoms with E-state index in [0.29, 0.717) is 0 Å². The van der Waals surface area contributed by atoms with Crippen molar-refractivity contribution in [1.82, 2.24) is 0 Å². The van der Waals surface area contributed by atoms with Crippen LogP contribution in [0, 0.1) is 0 Å². The lowest BCUT2D eigenvalue weighted by atomic mass is 9.98. The molecule has 2 heterocycles. The number of carbonyl (C=O) groups is 2. The van der Waals surface area contributed by atoms with Crippen LogP contribution in [0.15, 0.2) is 35.2 Å². The molecule has 41 heavy (non-hydrogen) atoms. The Morgan fingerprint density at radius 1 is 0.902 bits per heavy atom. The minimum atomic E-state index is -2.19. The molecule has 232 valence electrons. The molecule has 0 aromatic heterocycles. The molecule has 0 radical (unpaired) electrons. The van der Waals surface area contributed by atoms with E-state index >= 15 is 0 Å². The van der Waals surface area contributed by atoms with Crippen molar-refractivity contribution in [1.29, 1.82) is 0 Å². The van der Waals surface area contributed by atoms with Gasteiger partial charge in [-0.05, 0) is 37.2 Å². The molecule has 9 atom stereocenters. The van der Waals surface area contributed by atoms with Crippen molar-refractivity contribution in [3.8, 4) is 0 Å². The van der Waals surface area contributed by atoms with E-state index in [1.807, 2.05) is 37.3 Å². The maximum absolute atomic E-state index is 12.3. The van der Waals surface area contributed by atoms with E-state index in [1.54, 1.807) is 14.2 Å².